The summed E-state index contributed by atoms with van der Waals surface area (Å²) in [6.07, 6.45) is -2.49. The van der Waals surface area contributed by atoms with E-state index in [9.17, 15) is 8.78 Å². The molecule has 0 saturated carbocycles. The molecule has 5 heteroatoms. The first-order valence-electron chi connectivity index (χ1n) is 6.96. The van der Waals surface area contributed by atoms with E-state index >= 15 is 0 Å². The second kappa shape index (κ2) is 5.56. The Labute approximate surface area is 119 Å². The number of halogens is 2. The van der Waals surface area contributed by atoms with Gasteiger partial charge in [-0.1, -0.05) is 0 Å². The van der Waals surface area contributed by atoms with Crippen LogP contribution in [0.5, 0.6) is 0 Å². The van der Waals surface area contributed by atoms with E-state index in [0.717, 1.165) is 26.2 Å². The van der Waals surface area contributed by atoms with E-state index in [1.54, 1.807) is 12.1 Å². The summed E-state index contributed by atoms with van der Waals surface area (Å²) in [7, 11) is 0. The van der Waals surface area contributed by atoms with Crippen molar-refractivity contribution in [2.45, 2.75) is 32.7 Å². The second-order valence-corrected chi connectivity index (χ2v) is 6.26. The molecule has 1 aromatic rings. The Morgan fingerprint density at radius 3 is 2.20 bits per heavy atom. The van der Waals surface area contributed by atoms with Crippen LogP contribution in [0.4, 0.5) is 20.2 Å². The van der Waals surface area contributed by atoms with E-state index < -0.39 is 6.43 Å². The molecule has 112 valence electrons. The molecule has 0 unspecified atom stereocenters. The van der Waals surface area contributed by atoms with Gasteiger partial charge in [0.1, 0.15) is 0 Å². The van der Waals surface area contributed by atoms with E-state index in [0.29, 0.717) is 11.4 Å². The number of hydrogen-bond donors (Lipinski definition) is 1. The van der Waals surface area contributed by atoms with E-state index in [1.165, 1.54) is 6.07 Å². The maximum Gasteiger partial charge on any atom is 0.265 e. The van der Waals surface area contributed by atoms with Gasteiger partial charge in [-0.25, -0.2) is 8.78 Å². The van der Waals surface area contributed by atoms with Gasteiger partial charge in [0, 0.05) is 48.7 Å². The van der Waals surface area contributed by atoms with Crippen LogP contribution in [0.2, 0.25) is 0 Å². The van der Waals surface area contributed by atoms with Crippen LogP contribution in [0.3, 0.4) is 0 Å². The van der Waals surface area contributed by atoms with Crippen molar-refractivity contribution in [1.82, 2.24) is 4.90 Å². The average Bonchev–Trinajstić information content (AvgIpc) is 2.37. The molecule has 1 saturated heterocycles. The van der Waals surface area contributed by atoms with Crippen molar-refractivity contribution in [2.75, 3.05) is 36.8 Å². The summed E-state index contributed by atoms with van der Waals surface area (Å²) in [4.78, 5) is 4.41. The molecule has 0 spiro atoms. The molecule has 0 aromatic heterocycles. The summed E-state index contributed by atoms with van der Waals surface area (Å²) in [5.74, 6) is 0. The highest BCUT2D eigenvalue weighted by atomic mass is 19.3. The SMILES string of the molecule is CC(C)(C)N1CCN(c2ccc(N)cc2C(F)F)CC1. The predicted octanol–water partition coefficient (Wildman–Crippen LogP) is 3.13. The van der Waals surface area contributed by atoms with Crippen LogP contribution in [-0.2, 0) is 0 Å². The zero-order valence-electron chi connectivity index (χ0n) is 12.4. The second-order valence-electron chi connectivity index (χ2n) is 6.26. The first kappa shape index (κ1) is 15.0. The molecule has 0 bridgehead atoms. The Kier molecular flexibility index (Phi) is 4.18. The lowest BCUT2D eigenvalue weighted by molar-refractivity contribution is 0.127. The van der Waals surface area contributed by atoms with Crippen molar-refractivity contribution >= 4 is 11.4 Å². The van der Waals surface area contributed by atoms with Crippen LogP contribution >= 0.6 is 0 Å². The van der Waals surface area contributed by atoms with Crippen LogP contribution in [0.15, 0.2) is 18.2 Å². The molecule has 20 heavy (non-hydrogen) atoms. The van der Waals surface area contributed by atoms with Gasteiger partial charge in [-0.15, -0.1) is 0 Å². The summed E-state index contributed by atoms with van der Waals surface area (Å²) < 4.78 is 26.3. The predicted molar refractivity (Wildman–Crippen MR) is 79.4 cm³/mol. The zero-order valence-corrected chi connectivity index (χ0v) is 12.4. The Morgan fingerprint density at radius 1 is 1.10 bits per heavy atom. The third kappa shape index (κ3) is 3.20. The highest BCUT2D eigenvalue weighted by Crippen LogP contribution is 2.32. The Balaban J connectivity index is 2.15. The van der Waals surface area contributed by atoms with Gasteiger partial charge in [0.2, 0.25) is 0 Å². The van der Waals surface area contributed by atoms with Crippen LogP contribution in [0, 0.1) is 0 Å². The summed E-state index contributed by atoms with van der Waals surface area (Å²) in [6, 6.07) is 4.79. The Hall–Kier alpha value is -1.36. The average molecular weight is 283 g/mol. The summed E-state index contributed by atoms with van der Waals surface area (Å²) >= 11 is 0. The van der Waals surface area contributed by atoms with Crippen molar-refractivity contribution in [2.24, 2.45) is 0 Å². The van der Waals surface area contributed by atoms with Crippen molar-refractivity contribution < 1.29 is 8.78 Å². The van der Waals surface area contributed by atoms with Gasteiger partial charge in [-0.05, 0) is 39.0 Å². The number of benzene rings is 1. The summed E-state index contributed by atoms with van der Waals surface area (Å²) in [6.45, 7) is 9.83. The lowest BCUT2D eigenvalue weighted by atomic mass is 10.0. The molecule has 2 rings (SSSR count). The van der Waals surface area contributed by atoms with Crippen LogP contribution in [0.25, 0.3) is 0 Å². The fourth-order valence-electron chi connectivity index (χ4n) is 2.65. The maximum atomic E-state index is 13.1. The van der Waals surface area contributed by atoms with Gasteiger partial charge in [0.25, 0.3) is 6.43 Å². The zero-order chi connectivity index (χ0) is 14.9. The number of rotatable bonds is 2. The number of anilines is 2. The van der Waals surface area contributed by atoms with Gasteiger partial charge in [-0.3, -0.25) is 4.90 Å². The number of alkyl halides is 2. The molecule has 0 amide bonds. The lowest BCUT2D eigenvalue weighted by Gasteiger charge is -2.43. The number of nitrogens with zero attached hydrogens (tertiary/aromatic N) is 2. The highest BCUT2D eigenvalue weighted by molar-refractivity contribution is 5.60. The largest absolute Gasteiger partial charge is 0.399 e. The minimum atomic E-state index is -2.49. The highest BCUT2D eigenvalue weighted by Gasteiger charge is 2.27. The van der Waals surface area contributed by atoms with Gasteiger partial charge >= 0.3 is 0 Å². The molecule has 0 radical (unpaired) electrons. The topological polar surface area (TPSA) is 32.5 Å². The van der Waals surface area contributed by atoms with E-state index in [2.05, 4.69) is 25.7 Å². The maximum absolute atomic E-state index is 13.1. The van der Waals surface area contributed by atoms with Gasteiger partial charge in [0.05, 0.1) is 0 Å². The Morgan fingerprint density at radius 2 is 1.70 bits per heavy atom. The van der Waals surface area contributed by atoms with Crippen LogP contribution in [-0.4, -0.2) is 36.6 Å². The van der Waals surface area contributed by atoms with E-state index in [-0.39, 0.29) is 11.1 Å². The molecule has 0 aliphatic carbocycles. The first-order chi connectivity index (χ1) is 9.29. The van der Waals surface area contributed by atoms with Crippen LogP contribution in [0.1, 0.15) is 32.8 Å². The van der Waals surface area contributed by atoms with E-state index in [1.807, 2.05) is 4.90 Å². The summed E-state index contributed by atoms with van der Waals surface area (Å²) in [5.41, 5.74) is 6.77. The van der Waals surface area contributed by atoms with Crippen molar-refractivity contribution in [1.29, 1.82) is 0 Å². The monoisotopic (exact) mass is 283 g/mol. The first-order valence-corrected chi connectivity index (χ1v) is 6.96. The molecule has 1 aliphatic rings. The van der Waals surface area contributed by atoms with Gasteiger partial charge in [-0.2, -0.15) is 0 Å². The molecule has 1 heterocycles. The van der Waals surface area contributed by atoms with Gasteiger partial charge in [0.15, 0.2) is 0 Å². The number of nitrogens with two attached hydrogens (primary N) is 1. The fourth-order valence-corrected chi connectivity index (χ4v) is 2.65. The third-order valence-electron chi connectivity index (χ3n) is 3.86. The molecule has 1 fully saturated rings. The molecule has 3 nitrogen and oxygen atoms in total. The number of piperazine rings is 1. The Bertz CT molecular complexity index is 461. The molecule has 1 aliphatic heterocycles. The lowest BCUT2D eigenvalue weighted by Crippen LogP contribution is -2.53. The molecule has 1 aromatic carbocycles. The van der Waals surface area contributed by atoms with Crippen LogP contribution < -0.4 is 10.6 Å². The molecular weight excluding hydrogens is 260 g/mol. The van der Waals surface area contributed by atoms with Crippen molar-refractivity contribution in [3.8, 4) is 0 Å². The normalized spacial score (nSPS) is 17.8. The quantitative estimate of drug-likeness (QED) is 0.846. The fraction of sp³-hybridized carbons (Fsp3) is 0.600. The van der Waals surface area contributed by atoms with E-state index in [4.69, 9.17) is 5.73 Å². The van der Waals surface area contributed by atoms with Crippen molar-refractivity contribution in [3.05, 3.63) is 23.8 Å². The minimum absolute atomic E-state index is 0.0363. The number of nitrogen functional groups attached to an aromatic ring is 1. The minimum Gasteiger partial charge on any atom is -0.399 e. The molecule has 2 N–H and O–H groups in total. The summed E-state index contributed by atoms with van der Waals surface area (Å²) in [5, 5.41) is 0. The third-order valence-corrected chi connectivity index (χ3v) is 3.86. The molecule has 0 atom stereocenters. The van der Waals surface area contributed by atoms with Gasteiger partial charge < -0.3 is 10.6 Å². The smallest absolute Gasteiger partial charge is 0.265 e. The standard InChI is InChI=1S/C15H23F2N3/c1-15(2,3)20-8-6-19(7-9-20)13-5-4-11(18)10-12(13)14(16)17/h4-5,10,14H,6-9,18H2,1-3H3. The molecular formula is C15H23F2N3. The number of hydrogen-bond acceptors (Lipinski definition) is 3. The van der Waals surface area contributed by atoms with Crippen molar-refractivity contribution in [3.63, 3.8) is 0 Å².